The Labute approximate surface area is 224 Å². The van der Waals surface area contributed by atoms with E-state index in [2.05, 4.69) is 0 Å². The first kappa shape index (κ1) is 24.2. The lowest BCUT2D eigenvalue weighted by molar-refractivity contribution is -0.132. The zero-order chi connectivity index (χ0) is 26.6. The average Bonchev–Trinajstić information content (AvgIpc) is 3.56. The highest BCUT2D eigenvalue weighted by atomic mass is 32.1. The standard InChI is InChI=1S/C30H26N2O5S/c1-4-36-21-9-6-18(7-10-21)26-25(27(33)19-8-12-23-20(15-19)14-17(3)37-23)28(34)29(35)32(26)30-31-22-11-5-16(2)13-24(22)38-30/h5-13,15,17,26,33H,4,14H2,1-3H3/t17-,26+/m1/s1. The van der Waals surface area contributed by atoms with Gasteiger partial charge in [0.2, 0.25) is 0 Å². The molecule has 38 heavy (non-hydrogen) atoms. The van der Waals surface area contributed by atoms with Crippen molar-refractivity contribution in [1.82, 2.24) is 4.98 Å². The minimum absolute atomic E-state index is 0.0292. The van der Waals surface area contributed by atoms with Gasteiger partial charge in [-0.25, -0.2) is 4.98 Å². The number of Topliss-reactive ketones (excluding diaryl/α,β-unsaturated/α-hetero) is 1. The fraction of sp³-hybridized carbons (Fsp3) is 0.233. The number of ether oxygens (including phenoxy) is 2. The summed E-state index contributed by atoms with van der Waals surface area (Å²) in [7, 11) is 0. The predicted octanol–water partition coefficient (Wildman–Crippen LogP) is 5.95. The van der Waals surface area contributed by atoms with E-state index in [9.17, 15) is 14.7 Å². The number of aromatic nitrogens is 1. The molecule has 2 aliphatic heterocycles. The van der Waals surface area contributed by atoms with Gasteiger partial charge in [0.1, 0.15) is 23.4 Å². The number of aliphatic hydroxyl groups is 1. The minimum atomic E-state index is -0.851. The molecule has 1 N–H and O–H groups in total. The molecule has 0 unspecified atom stereocenters. The Hall–Kier alpha value is -4.17. The van der Waals surface area contributed by atoms with Crippen LogP contribution in [0.1, 0.15) is 42.1 Å². The molecule has 2 aliphatic rings. The molecular weight excluding hydrogens is 500 g/mol. The van der Waals surface area contributed by atoms with Crippen molar-refractivity contribution >= 4 is 44.1 Å². The van der Waals surface area contributed by atoms with Crippen LogP contribution < -0.4 is 14.4 Å². The topological polar surface area (TPSA) is 89.0 Å². The van der Waals surface area contributed by atoms with Crippen molar-refractivity contribution in [2.45, 2.75) is 39.3 Å². The SMILES string of the molecule is CCOc1ccc([C@H]2C(=C(O)c3ccc4c(c3)C[C@@H](C)O4)C(=O)C(=O)N2c2nc3ccc(C)cc3s2)cc1. The maximum atomic E-state index is 13.5. The molecule has 0 saturated carbocycles. The van der Waals surface area contributed by atoms with Crippen LogP contribution in [-0.2, 0) is 16.0 Å². The quantitative estimate of drug-likeness (QED) is 0.196. The van der Waals surface area contributed by atoms with E-state index in [1.54, 1.807) is 24.3 Å². The van der Waals surface area contributed by atoms with Crippen molar-refractivity contribution in [2.75, 3.05) is 11.5 Å². The van der Waals surface area contributed by atoms with Crippen LogP contribution in [0.2, 0.25) is 0 Å². The number of hydrogen-bond acceptors (Lipinski definition) is 7. The number of nitrogens with zero attached hydrogens (tertiary/aromatic N) is 2. The zero-order valence-electron chi connectivity index (χ0n) is 21.2. The van der Waals surface area contributed by atoms with Crippen LogP contribution in [0.4, 0.5) is 5.13 Å². The van der Waals surface area contributed by atoms with Crippen LogP contribution in [0.25, 0.3) is 16.0 Å². The summed E-state index contributed by atoms with van der Waals surface area (Å²) in [6, 6.07) is 17.6. The molecule has 3 heterocycles. The second kappa shape index (κ2) is 9.29. The normalized spacial score (nSPS) is 20.1. The van der Waals surface area contributed by atoms with Crippen molar-refractivity contribution in [3.8, 4) is 11.5 Å². The first-order valence-electron chi connectivity index (χ1n) is 12.5. The lowest BCUT2D eigenvalue weighted by Crippen LogP contribution is -2.29. The van der Waals surface area contributed by atoms with E-state index in [-0.39, 0.29) is 17.4 Å². The highest BCUT2D eigenvalue weighted by molar-refractivity contribution is 7.22. The number of anilines is 1. The summed E-state index contributed by atoms with van der Waals surface area (Å²) < 4.78 is 12.3. The molecule has 1 aromatic heterocycles. The van der Waals surface area contributed by atoms with Crippen LogP contribution in [0.5, 0.6) is 11.5 Å². The number of benzene rings is 3. The van der Waals surface area contributed by atoms with Gasteiger partial charge in [0.05, 0.1) is 28.4 Å². The predicted molar refractivity (Wildman–Crippen MR) is 147 cm³/mol. The maximum absolute atomic E-state index is 13.5. The second-order valence-electron chi connectivity index (χ2n) is 9.59. The molecule has 0 radical (unpaired) electrons. The fourth-order valence-electron chi connectivity index (χ4n) is 5.11. The van der Waals surface area contributed by atoms with Gasteiger partial charge in [-0.3, -0.25) is 14.5 Å². The first-order chi connectivity index (χ1) is 18.3. The fourth-order valence-corrected chi connectivity index (χ4v) is 6.20. The molecule has 0 spiro atoms. The number of thiazole rings is 1. The maximum Gasteiger partial charge on any atom is 0.301 e. The summed E-state index contributed by atoms with van der Waals surface area (Å²) >= 11 is 1.35. The largest absolute Gasteiger partial charge is 0.507 e. The highest BCUT2D eigenvalue weighted by Crippen LogP contribution is 2.45. The van der Waals surface area contributed by atoms with Crippen LogP contribution in [0.3, 0.4) is 0 Å². The van der Waals surface area contributed by atoms with Gasteiger partial charge in [-0.2, -0.15) is 0 Å². The molecule has 0 bridgehead atoms. The van der Waals surface area contributed by atoms with Crippen molar-refractivity contribution in [1.29, 1.82) is 0 Å². The number of aryl methyl sites for hydroxylation is 1. The molecule has 6 rings (SSSR count). The summed E-state index contributed by atoms with van der Waals surface area (Å²) in [6.07, 6.45) is 0.748. The van der Waals surface area contributed by atoms with Crippen LogP contribution in [-0.4, -0.2) is 34.5 Å². The number of ketones is 1. The number of hydrogen-bond donors (Lipinski definition) is 1. The van der Waals surface area contributed by atoms with Gasteiger partial charge < -0.3 is 14.6 Å². The first-order valence-corrected chi connectivity index (χ1v) is 13.4. The van der Waals surface area contributed by atoms with E-state index in [4.69, 9.17) is 14.5 Å². The number of fused-ring (bicyclic) bond motifs is 2. The van der Waals surface area contributed by atoms with Gasteiger partial charge in [-0.05, 0) is 79.9 Å². The van der Waals surface area contributed by atoms with E-state index in [1.165, 1.54) is 16.2 Å². The summed E-state index contributed by atoms with van der Waals surface area (Å²) in [4.78, 5) is 33.2. The molecule has 4 aromatic rings. The van der Waals surface area contributed by atoms with Crippen LogP contribution in [0.15, 0.2) is 66.2 Å². The molecule has 1 saturated heterocycles. The number of aliphatic hydroxyl groups excluding tert-OH is 1. The second-order valence-corrected chi connectivity index (χ2v) is 10.6. The molecular formula is C30H26N2O5S. The number of amides is 1. The van der Waals surface area contributed by atoms with E-state index in [1.807, 2.05) is 57.2 Å². The third kappa shape index (κ3) is 4.01. The van der Waals surface area contributed by atoms with Gasteiger partial charge in [-0.1, -0.05) is 29.5 Å². The summed E-state index contributed by atoms with van der Waals surface area (Å²) in [5, 5.41) is 11.9. The Kier molecular flexibility index (Phi) is 5.91. The molecule has 8 heteroatoms. The molecule has 3 aromatic carbocycles. The molecule has 0 aliphatic carbocycles. The summed E-state index contributed by atoms with van der Waals surface area (Å²) in [6.45, 7) is 6.40. The van der Waals surface area contributed by atoms with Crippen molar-refractivity contribution in [3.63, 3.8) is 0 Å². The van der Waals surface area contributed by atoms with Crippen molar-refractivity contribution in [3.05, 3.63) is 88.5 Å². The van der Waals surface area contributed by atoms with Crippen LogP contribution in [0, 0.1) is 6.92 Å². The third-order valence-electron chi connectivity index (χ3n) is 6.86. The number of rotatable bonds is 5. The highest BCUT2D eigenvalue weighted by Gasteiger charge is 2.48. The van der Waals surface area contributed by atoms with Gasteiger partial charge in [0.15, 0.2) is 5.13 Å². The Balaban J connectivity index is 1.51. The van der Waals surface area contributed by atoms with E-state index < -0.39 is 17.7 Å². The Bertz CT molecular complexity index is 1620. The van der Waals surface area contributed by atoms with Crippen LogP contribution >= 0.6 is 11.3 Å². The van der Waals surface area contributed by atoms with Gasteiger partial charge in [-0.15, -0.1) is 0 Å². The Morgan fingerprint density at radius 1 is 1.13 bits per heavy atom. The summed E-state index contributed by atoms with van der Waals surface area (Å²) in [5.41, 5.74) is 3.94. The lowest BCUT2D eigenvalue weighted by atomic mass is 9.94. The van der Waals surface area contributed by atoms with Gasteiger partial charge in [0.25, 0.3) is 5.78 Å². The molecule has 2 atom stereocenters. The number of carbonyl (C=O) groups is 2. The molecule has 1 fully saturated rings. The summed E-state index contributed by atoms with van der Waals surface area (Å²) in [5.74, 6) is -0.246. The number of carbonyl (C=O) groups excluding carboxylic acids is 2. The van der Waals surface area contributed by atoms with E-state index in [0.717, 1.165) is 27.1 Å². The minimum Gasteiger partial charge on any atom is -0.507 e. The van der Waals surface area contributed by atoms with Gasteiger partial charge in [0, 0.05) is 12.0 Å². The molecule has 7 nitrogen and oxygen atoms in total. The molecule has 192 valence electrons. The third-order valence-corrected chi connectivity index (χ3v) is 7.88. The Morgan fingerprint density at radius 2 is 1.92 bits per heavy atom. The van der Waals surface area contributed by atoms with E-state index >= 15 is 0 Å². The van der Waals surface area contributed by atoms with Crippen molar-refractivity contribution < 1.29 is 24.2 Å². The monoisotopic (exact) mass is 526 g/mol. The Morgan fingerprint density at radius 3 is 2.68 bits per heavy atom. The average molecular weight is 527 g/mol. The lowest BCUT2D eigenvalue weighted by Gasteiger charge is -2.23. The van der Waals surface area contributed by atoms with Gasteiger partial charge >= 0.3 is 5.91 Å². The smallest absolute Gasteiger partial charge is 0.301 e. The van der Waals surface area contributed by atoms with E-state index in [0.29, 0.717) is 35.0 Å². The molecule has 1 amide bonds. The van der Waals surface area contributed by atoms with Crippen molar-refractivity contribution in [2.24, 2.45) is 0 Å². The zero-order valence-corrected chi connectivity index (χ0v) is 22.0.